The minimum Gasteiger partial charge on any atom is -0.326 e. The van der Waals surface area contributed by atoms with Crippen LogP contribution in [0.15, 0.2) is 28.0 Å². The highest BCUT2D eigenvalue weighted by molar-refractivity contribution is 7.91. The Kier molecular flexibility index (Phi) is 5.20. The second-order valence-electron chi connectivity index (χ2n) is 6.24. The zero-order chi connectivity index (χ0) is 17.4. The van der Waals surface area contributed by atoms with Gasteiger partial charge in [-0.2, -0.15) is 4.31 Å². The van der Waals surface area contributed by atoms with E-state index in [0.717, 1.165) is 25.5 Å². The number of aryl methyl sites for hydroxylation is 1. The van der Waals surface area contributed by atoms with E-state index in [1.54, 1.807) is 13.8 Å². The first kappa shape index (κ1) is 18.4. The van der Waals surface area contributed by atoms with Crippen LogP contribution in [0.3, 0.4) is 0 Å². The number of hydrogen-bond acceptors (Lipinski definition) is 5. The molecule has 2 atom stereocenters. The molecular formula is C15H24N2O4S2. The fourth-order valence-electron chi connectivity index (χ4n) is 2.97. The van der Waals surface area contributed by atoms with E-state index >= 15 is 0 Å². The van der Waals surface area contributed by atoms with Crippen molar-refractivity contribution < 1.29 is 16.8 Å². The van der Waals surface area contributed by atoms with Crippen molar-refractivity contribution in [2.45, 2.75) is 55.0 Å². The second kappa shape index (κ2) is 6.51. The van der Waals surface area contributed by atoms with Crippen LogP contribution in [0.5, 0.6) is 0 Å². The molecule has 2 rings (SSSR count). The third kappa shape index (κ3) is 3.76. The smallest absolute Gasteiger partial charge is 0.243 e. The van der Waals surface area contributed by atoms with Gasteiger partial charge < -0.3 is 5.73 Å². The van der Waals surface area contributed by atoms with E-state index in [1.165, 1.54) is 22.5 Å². The van der Waals surface area contributed by atoms with Gasteiger partial charge in [0.05, 0.1) is 9.79 Å². The number of nitrogens with two attached hydrogens (primary N) is 1. The molecule has 1 aromatic carbocycles. The highest BCUT2D eigenvalue weighted by Crippen LogP contribution is 2.29. The monoisotopic (exact) mass is 360 g/mol. The van der Waals surface area contributed by atoms with Gasteiger partial charge in [-0.1, -0.05) is 12.5 Å². The maximum atomic E-state index is 13.1. The lowest BCUT2D eigenvalue weighted by atomic mass is 10.00. The van der Waals surface area contributed by atoms with Crippen LogP contribution in [0, 0.1) is 6.92 Å². The first-order valence-corrected chi connectivity index (χ1v) is 11.0. The number of hydrogen-bond donors (Lipinski definition) is 1. The summed E-state index contributed by atoms with van der Waals surface area (Å²) in [5, 5.41) is 0. The topological polar surface area (TPSA) is 97.5 Å². The van der Waals surface area contributed by atoms with Crippen molar-refractivity contribution in [3.63, 3.8) is 0 Å². The molecule has 8 heteroatoms. The van der Waals surface area contributed by atoms with Gasteiger partial charge in [-0.3, -0.25) is 0 Å². The SMILES string of the molecule is Cc1ccc(S(C)(=O)=O)cc1S(=O)(=O)N1CCCCC1C(C)N. The second-order valence-corrected chi connectivity index (χ2v) is 10.1. The Morgan fingerprint density at radius 3 is 2.43 bits per heavy atom. The Bertz CT molecular complexity index is 786. The highest BCUT2D eigenvalue weighted by Gasteiger charge is 2.36. The largest absolute Gasteiger partial charge is 0.326 e. The number of nitrogens with zero attached hydrogens (tertiary/aromatic N) is 1. The molecule has 23 heavy (non-hydrogen) atoms. The van der Waals surface area contributed by atoms with Crippen molar-refractivity contribution in [3.05, 3.63) is 23.8 Å². The molecule has 0 amide bonds. The van der Waals surface area contributed by atoms with Crippen molar-refractivity contribution in [1.29, 1.82) is 0 Å². The first-order chi connectivity index (χ1) is 10.5. The number of sulfonamides is 1. The van der Waals surface area contributed by atoms with Crippen molar-refractivity contribution >= 4 is 19.9 Å². The molecule has 1 heterocycles. The Morgan fingerprint density at radius 1 is 1.22 bits per heavy atom. The van der Waals surface area contributed by atoms with Crippen molar-refractivity contribution in [2.75, 3.05) is 12.8 Å². The Balaban J connectivity index is 2.54. The Labute approximate surface area is 138 Å². The zero-order valence-corrected chi connectivity index (χ0v) is 15.3. The molecule has 1 fully saturated rings. The van der Waals surface area contributed by atoms with Crippen LogP contribution >= 0.6 is 0 Å². The highest BCUT2D eigenvalue weighted by atomic mass is 32.2. The van der Waals surface area contributed by atoms with Gasteiger partial charge in [0.15, 0.2) is 9.84 Å². The molecule has 2 unspecified atom stereocenters. The molecule has 0 aromatic heterocycles. The molecular weight excluding hydrogens is 336 g/mol. The summed E-state index contributed by atoms with van der Waals surface area (Å²) in [6, 6.07) is 3.70. The molecule has 1 aliphatic rings. The molecule has 0 aliphatic carbocycles. The van der Waals surface area contributed by atoms with E-state index in [1.807, 2.05) is 0 Å². The van der Waals surface area contributed by atoms with Gasteiger partial charge in [-0.05, 0) is 44.4 Å². The standard InChI is InChI=1S/C15H24N2O4S2/c1-11-7-8-13(22(3,18)19)10-15(11)23(20,21)17-9-5-4-6-14(17)12(2)16/h7-8,10,12,14H,4-6,9,16H2,1-3H3. The van der Waals surface area contributed by atoms with Crippen LogP contribution in [-0.4, -0.2) is 46.0 Å². The van der Waals surface area contributed by atoms with Crippen LogP contribution in [0.25, 0.3) is 0 Å². The van der Waals surface area contributed by atoms with Crippen molar-refractivity contribution in [1.82, 2.24) is 4.31 Å². The summed E-state index contributed by atoms with van der Waals surface area (Å²) >= 11 is 0. The van der Waals surface area contributed by atoms with Gasteiger partial charge in [0, 0.05) is 24.9 Å². The van der Waals surface area contributed by atoms with Gasteiger partial charge >= 0.3 is 0 Å². The number of rotatable bonds is 4. The number of sulfone groups is 1. The summed E-state index contributed by atoms with van der Waals surface area (Å²) in [6.07, 6.45) is 3.52. The zero-order valence-electron chi connectivity index (χ0n) is 13.7. The van der Waals surface area contributed by atoms with Gasteiger partial charge in [0.1, 0.15) is 0 Å². The third-order valence-electron chi connectivity index (χ3n) is 4.28. The van der Waals surface area contributed by atoms with E-state index < -0.39 is 19.9 Å². The molecule has 1 saturated heterocycles. The third-order valence-corrected chi connectivity index (χ3v) is 7.46. The predicted molar refractivity (Wildman–Crippen MR) is 89.5 cm³/mol. The first-order valence-electron chi connectivity index (χ1n) is 7.63. The lowest BCUT2D eigenvalue weighted by molar-refractivity contribution is 0.227. The maximum Gasteiger partial charge on any atom is 0.243 e. The number of benzene rings is 1. The van der Waals surface area contributed by atoms with Crippen LogP contribution in [0.4, 0.5) is 0 Å². The van der Waals surface area contributed by atoms with Crippen LogP contribution in [0.2, 0.25) is 0 Å². The summed E-state index contributed by atoms with van der Waals surface area (Å²) in [5.74, 6) is 0. The Hall–Kier alpha value is -0.960. The summed E-state index contributed by atoms with van der Waals surface area (Å²) in [7, 11) is -7.25. The molecule has 0 radical (unpaired) electrons. The fourth-order valence-corrected chi connectivity index (χ4v) is 5.72. The molecule has 6 nitrogen and oxygen atoms in total. The van der Waals surface area contributed by atoms with Gasteiger partial charge in [0.2, 0.25) is 10.0 Å². The molecule has 1 aliphatic heterocycles. The van der Waals surface area contributed by atoms with E-state index in [4.69, 9.17) is 5.73 Å². The average molecular weight is 361 g/mol. The van der Waals surface area contributed by atoms with Crippen molar-refractivity contribution in [3.8, 4) is 0 Å². The van der Waals surface area contributed by atoms with E-state index in [-0.39, 0.29) is 21.9 Å². The van der Waals surface area contributed by atoms with Crippen LogP contribution in [0.1, 0.15) is 31.7 Å². The summed E-state index contributed by atoms with van der Waals surface area (Å²) < 4.78 is 51.1. The maximum absolute atomic E-state index is 13.1. The molecule has 0 bridgehead atoms. The van der Waals surface area contributed by atoms with Crippen molar-refractivity contribution in [2.24, 2.45) is 5.73 Å². The predicted octanol–water partition coefficient (Wildman–Crippen LogP) is 1.29. The lowest BCUT2D eigenvalue weighted by Crippen LogP contribution is -2.51. The van der Waals surface area contributed by atoms with Crippen LogP contribution in [-0.2, 0) is 19.9 Å². The average Bonchev–Trinajstić information content (AvgIpc) is 2.46. The fraction of sp³-hybridized carbons (Fsp3) is 0.600. The van der Waals surface area contributed by atoms with Gasteiger partial charge in [-0.25, -0.2) is 16.8 Å². The van der Waals surface area contributed by atoms with Gasteiger partial charge in [0.25, 0.3) is 0 Å². The normalized spacial score (nSPS) is 22.0. The van der Waals surface area contributed by atoms with Gasteiger partial charge in [-0.15, -0.1) is 0 Å². The van der Waals surface area contributed by atoms with Crippen LogP contribution < -0.4 is 5.73 Å². The minimum absolute atomic E-state index is 0.0102. The quantitative estimate of drug-likeness (QED) is 0.872. The molecule has 2 N–H and O–H groups in total. The molecule has 130 valence electrons. The molecule has 0 saturated carbocycles. The lowest BCUT2D eigenvalue weighted by Gasteiger charge is -2.37. The number of piperidine rings is 1. The molecule has 1 aromatic rings. The summed E-state index contributed by atoms with van der Waals surface area (Å²) in [5.41, 5.74) is 6.50. The van der Waals surface area contributed by atoms with E-state index in [9.17, 15) is 16.8 Å². The minimum atomic E-state index is -3.78. The summed E-state index contributed by atoms with van der Waals surface area (Å²) in [6.45, 7) is 3.89. The summed E-state index contributed by atoms with van der Waals surface area (Å²) in [4.78, 5) is 0.0593. The Morgan fingerprint density at radius 2 is 1.87 bits per heavy atom. The van der Waals surface area contributed by atoms with E-state index in [0.29, 0.717) is 12.1 Å². The van der Waals surface area contributed by atoms with E-state index in [2.05, 4.69) is 0 Å². The molecule has 0 spiro atoms.